The maximum Gasteiger partial charge on any atom is 0.311 e. The molecule has 2 aromatic heterocycles. The number of amides is 1. The van der Waals surface area contributed by atoms with Crippen LogP contribution >= 0.6 is 11.6 Å². The molecule has 11 heteroatoms. The van der Waals surface area contributed by atoms with Crippen molar-refractivity contribution in [3.05, 3.63) is 104 Å². The number of aromatic nitrogens is 2. The zero-order valence-corrected chi connectivity index (χ0v) is 20.4. The molecular formula is C25H22ClFN4O5. The topological polar surface area (TPSA) is 112 Å². The smallest absolute Gasteiger partial charge is 0.311 e. The molecule has 2 aromatic carbocycles. The molecule has 4 aromatic rings. The van der Waals surface area contributed by atoms with E-state index in [1.807, 2.05) is 0 Å². The van der Waals surface area contributed by atoms with Crippen LogP contribution < -0.4 is 10.1 Å². The van der Waals surface area contributed by atoms with Gasteiger partial charge in [-0.15, -0.1) is 0 Å². The van der Waals surface area contributed by atoms with Gasteiger partial charge in [0.25, 0.3) is 5.91 Å². The number of nitrogens with one attached hydrogen (secondary N) is 1. The molecule has 1 N–H and O–H groups in total. The van der Waals surface area contributed by atoms with Gasteiger partial charge in [-0.2, -0.15) is 5.10 Å². The first-order valence-corrected chi connectivity index (χ1v) is 11.3. The molecule has 0 atom stereocenters. The Bertz CT molecular complexity index is 1440. The van der Waals surface area contributed by atoms with E-state index in [2.05, 4.69) is 10.4 Å². The van der Waals surface area contributed by atoms with Crippen LogP contribution in [0.3, 0.4) is 0 Å². The highest BCUT2D eigenvalue weighted by molar-refractivity contribution is 6.31. The van der Waals surface area contributed by atoms with E-state index in [9.17, 15) is 19.3 Å². The minimum absolute atomic E-state index is 0.0238. The molecule has 9 nitrogen and oxygen atoms in total. The number of hydrogen-bond acceptors (Lipinski definition) is 6. The Morgan fingerprint density at radius 3 is 2.72 bits per heavy atom. The average Bonchev–Trinajstić information content (AvgIpc) is 3.41. The van der Waals surface area contributed by atoms with Crippen LogP contribution in [0.2, 0.25) is 5.02 Å². The van der Waals surface area contributed by atoms with Gasteiger partial charge in [-0.05, 0) is 56.7 Å². The van der Waals surface area contributed by atoms with Gasteiger partial charge in [0.2, 0.25) is 0 Å². The number of halogens is 2. The summed E-state index contributed by atoms with van der Waals surface area (Å²) in [5, 5.41) is 18.7. The number of rotatable bonds is 8. The van der Waals surface area contributed by atoms with Crippen LogP contribution in [0.1, 0.15) is 38.8 Å². The standard InChI is InChI=1S/C25H22ClFN4O5/c1-14-7-9-22(21(11-14)31(33)34)35-13-17-8-10-23(36-17)25(32)28-24-15(2)29-30(16(24)3)12-18-19(26)5-4-6-20(18)27/h4-11H,12-13H2,1-3H3,(H,28,32). The van der Waals surface area contributed by atoms with E-state index in [0.29, 0.717) is 28.4 Å². The molecule has 0 spiro atoms. The van der Waals surface area contributed by atoms with Crippen LogP contribution in [0, 0.1) is 36.7 Å². The van der Waals surface area contributed by atoms with Crippen molar-refractivity contribution in [1.29, 1.82) is 0 Å². The van der Waals surface area contributed by atoms with E-state index in [1.54, 1.807) is 43.7 Å². The quantitative estimate of drug-likeness (QED) is 0.229. The Hall–Kier alpha value is -4.18. The Labute approximate surface area is 210 Å². The molecule has 2 heterocycles. The Morgan fingerprint density at radius 1 is 1.22 bits per heavy atom. The molecule has 36 heavy (non-hydrogen) atoms. The van der Waals surface area contributed by atoms with Crippen LogP contribution in [-0.4, -0.2) is 20.6 Å². The monoisotopic (exact) mass is 512 g/mol. The summed E-state index contributed by atoms with van der Waals surface area (Å²) in [7, 11) is 0. The molecule has 1 amide bonds. The summed E-state index contributed by atoms with van der Waals surface area (Å²) in [6, 6.07) is 12.1. The van der Waals surface area contributed by atoms with E-state index in [-0.39, 0.29) is 35.4 Å². The van der Waals surface area contributed by atoms with Crippen molar-refractivity contribution < 1.29 is 23.3 Å². The third kappa shape index (κ3) is 5.23. The highest BCUT2D eigenvalue weighted by Gasteiger charge is 2.20. The zero-order chi connectivity index (χ0) is 26.0. The average molecular weight is 513 g/mol. The number of carbonyl (C=O) groups is 1. The van der Waals surface area contributed by atoms with E-state index in [4.69, 9.17) is 20.8 Å². The third-order valence-corrected chi connectivity index (χ3v) is 5.91. The number of nitro benzene ring substituents is 1. The molecule has 0 saturated heterocycles. The molecule has 0 radical (unpaired) electrons. The van der Waals surface area contributed by atoms with Crippen molar-refractivity contribution in [2.24, 2.45) is 0 Å². The first-order chi connectivity index (χ1) is 17.1. The largest absolute Gasteiger partial charge is 0.479 e. The molecule has 4 rings (SSSR count). The molecule has 0 fully saturated rings. The summed E-state index contributed by atoms with van der Waals surface area (Å²) in [6.07, 6.45) is 0. The Morgan fingerprint density at radius 2 is 2.00 bits per heavy atom. The van der Waals surface area contributed by atoms with Crippen molar-refractivity contribution in [1.82, 2.24) is 9.78 Å². The maximum atomic E-state index is 14.2. The lowest BCUT2D eigenvalue weighted by Crippen LogP contribution is -2.13. The first kappa shape index (κ1) is 24.9. The summed E-state index contributed by atoms with van der Waals surface area (Å²) in [6.45, 7) is 5.21. The SMILES string of the molecule is Cc1ccc(OCc2ccc(C(=O)Nc3c(C)nn(Cc4c(F)cccc4Cl)c3C)o2)c([N+](=O)[O-])c1. The van der Waals surface area contributed by atoms with Crippen molar-refractivity contribution in [3.8, 4) is 5.75 Å². The fourth-order valence-electron chi connectivity index (χ4n) is 3.66. The summed E-state index contributed by atoms with van der Waals surface area (Å²) in [5.74, 6) is -0.523. The van der Waals surface area contributed by atoms with Gasteiger partial charge < -0.3 is 14.5 Å². The molecule has 0 aliphatic carbocycles. The molecule has 0 unspecified atom stereocenters. The number of nitro groups is 1. The third-order valence-electron chi connectivity index (χ3n) is 5.56. The minimum atomic E-state index is -0.520. The van der Waals surface area contributed by atoms with Gasteiger partial charge in [-0.3, -0.25) is 19.6 Å². The molecule has 0 saturated carbocycles. The lowest BCUT2D eigenvalue weighted by atomic mass is 10.2. The molecule has 0 bridgehead atoms. The van der Waals surface area contributed by atoms with Gasteiger partial charge in [0.15, 0.2) is 11.5 Å². The lowest BCUT2D eigenvalue weighted by molar-refractivity contribution is -0.386. The number of carbonyl (C=O) groups excluding carboxylic acids is 1. The Kier molecular flexibility index (Phi) is 7.07. The summed E-state index contributed by atoms with van der Waals surface area (Å²) < 4.78 is 26.9. The highest BCUT2D eigenvalue weighted by Crippen LogP contribution is 2.29. The van der Waals surface area contributed by atoms with Crippen molar-refractivity contribution in [3.63, 3.8) is 0 Å². The number of hydrogen-bond donors (Lipinski definition) is 1. The number of anilines is 1. The Balaban J connectivity index is 1.45. The van der Waals surface area contributed by atoms with Crippen LogP contribution in [0.5, 0.6) is 5.75 Å². The second-order valence-electron chi connectivity index (χ2n) is 8.14. The fourth-order valence-corrected chi connectivity index (χ4v) is 3.88. The van der Waals surface area contributed by atoms with Crippen LogP contribution in [-0.2, 0) is 13.2 Å². The van der Waals surface area contributed by atoms with Gasteiger partial charge in [-0.1, -0.05) is 23.7 Å². The predicted molar refractivity (Wildman–Crippen MR) is 131 cm³/mol. The second-order valence-corrected chi connectivity index (χ2v) is 8.55. The zero-order valence-electron chi connectivity index (χ0n) is 19.7. The van der Waals surface area contributed by atoms with Crippen LogP contribution in [0.4, 0.5) is 15.8 Å². The highest BCUT2D eigenvalue weighted by atomic mass is 35.5. The normalized spacial score (nSPS) is 10.9. The van der Waals surface area contributed by atoms with E-state index in [0.717, 1.165) is 5.56 Å². The minimum Gasteiger partial charge on any atom is -0.479 e. The van der Waals surface area contributed by atoms with E-state index in [1.165, 1.54) is 30.3 Å². The van der Waals surface area contributed by atoms with E-state index >= 15 is 0 Å². The molecule has 0 aliphatic rings. The summed E-state index contributed by atoms with van der Waals surface area (Å²) in [5.41, 5.74) is 2.50. The van der Waals surface area contributed by atoms with Crippen molar-refractivity contribution >= 4 is 28.9 Å². The van der Waals surface area contributed by atoms with Gasteiger partial charge >= 0.3 is 5.69 Å². The second kappa shape index (κ2) is 10.2. The van der Waals surface area contributed by atoms with Gasteiger partial charge in [-0.25, -0.2) is 4.39 Å². The van der Waals surface area contributed by atoms with Crippen LogP contribution in [0.15, 0.2) is 52.9 Å². The van der Waals surface area contributed by atoms with Gasteiger partial charge in [0, 0.05) is 16.7 Å². The number of ether oxygens (including phenoxy) is 1. The number of aryl methyl sites for hydroxylation is 2. The van der Waals surface area contributed by atoms with E-state index < -0.39 is 16.6 Å². The fraction of sp³-hybridized carbons (Fsp3) is 0.200. The number of benzene rings is 2. The summed E-state index contributed by atoms with van der Waals surface area (Å²) in [4.78, 5) is 23.6. The van der Waals surface area contributed by atoms with Gasteiger partial charge in [0.1, 0.15) is 18.2 Å². The van der Waals surface area contributed by atoms with Crippen molar-refractivity contribution in [2.75, 3.05) is 5.32 Å². The van der Waals surface area contributed by atoms with Gasteiger partial charge in [0.05, 0.1) is 28.5 Å². The van der Waals surface area contributed by atoms with Crippen LogP contribution in [0.25, 0.3) is 0 Å². The molecular weight excluding hydrogens is 491 g/mol. The molecule has 186 valence electrons. The number of nitrogens with zero attached hydrogens (tertiary/aromatic N) is 3. The predicted octanol–water partition coefficient (Wildman–Crippen LogP) is 5.98. The van der Waals surface area contributed by atoms with Crippen molar-refractivity contribution in [2.45, 2.75) is 33.9 Å². The summed E-state index contributed by atoms with van der Waals surface area (Å²) >= 11 is 6.13. The number of furan rings is 1. The maximum absolute atomic E-state index is 14.2. The lowest BCUT2D eigenvalue weighted by Gasteiger charge is -2.09. The first-order valence-electron chi connectivity index (χ1n) is 10.9. The molecule has 0 aliphatic heterocycles.